The average Bonchev–Trinajstić information content (AvgIpc) is 3.03. The number of fused-ring (bicyclic) bond motifs is 1. The highest BCUT2D eigenvalue weighted by Gasteiger charge is 2.29. The summed E-state index contributed by atoms with van der Waals surface area (Å²) in [5, 5.41) is 4.23. The smallest absolute Gasteiger partial charge is 0.324 e. The highest BCUT2D eigenvalue weighted by molar-refractivity contribution is 7.22. The summed E-state index contributed by atoms with van der Waals surface area (Å²) in [6.07, 6.45) is 1.74. The van der Waals surface area contributed by atoms with Crippen molar-refractivity contribution >= 4 is 50.1 Å². The Morgan fingerprint density at radius 1 is 1.29 bits per heavy atom. The van der Waals surface area contributed by atoms with Gasteiger partial charge >= 0.3 is 6.03 Å². The maximum absolute atomic E-state index is 12.8. The van der Waals surface area contributed by atoms with E-state index in [-0.39, 0.29) is 12.1 Å². The number of amides is 2. The Kier molecular flexibility index (Phi) is 5.12. The number of hydrogen-bond donors (Lipinski definition) is 1. The van der Waals surface area contributed by atoms with Gasteiger partial charge in [0.05, 0.1) is 15.2 Å². The van der Waals surface area contributed by atoms with E-state index >= 15 is 0 Å². The van der Waals surface area contributed by atoms with E-state index in [4.69, 9.17) is 11.6 Å². The van der Waals surface area contributed by atoms with E-state index in [0.29, 0.717) is 29.8 Å². The molecule has 1 saturated heterocycles. The zero-order valence-electron chi connectivity index (χ0n) is 16.1. The van der Waals surface area contributed by atoms with Crippen molar-refractivity contribution in [2.45, 2.75) is 26.8 Å². The van der Waals surface area contributed by atoms with E-state index in [0.717, 1.165) is 16.0 Å². The molecule has 1 atom stereocenters. The van der Waals surface area contributed by atoms with Crippen molar-refractivity contribution in [3.8, 4) is 0 Å². The van der Waals surface area contributed by atoms with Crippen LogP contribution in [0.3, 0.4) is 0 Å². The molecule has 2 amide bonds. The van der Waals surface area contributed by atoms with Crippen molar-refractivity contribution in [3.05, 3.63) is 46.6 Å². The Hall–Kier alpha value is -2.38. The number of thiazole rings is 1. The third kappa shape index (κ3) is 3.64. The summed E-state index contributed by atoms with van der Waals surface area (Å²) in [5.74, 6) is 0.771. The minimum atomic E-state index is -0.119. The van der Waals surface area contributed by atoms with Gasteiger partial charge in [0, 0.05) is 31.9 Å². The molecule has 4 rings (SSSR count). The Labute approximate surface area is 173 Å². The van der Waals surface area contributed by atoms with E-state index in [1.165, 1.54) is 22.5 Å². The maximum Gasteiger partial charge on any atom is 0.324 e. The predicted octanol–water partition coefficient (Wildman–Crippen LogP) is 4.70. The van der Waals surface area contributed by atoms with E-state index in [2.05, 4.69) is 46.2 Å². The van der Waals surface area contributed by atoms with Crippen LogP contribution in [-0.2, 0) is 0 Å². The first-order valence-electron chi connectivity index (χ1n) is 9.23. The van der Waals surface area contributed by atoms with Crippen molar-refractivity contribution in [1.82, 2.24) is 14.9 Å². The molecule has 1 aliphatic heterocycles. The van der Waals surface area contributed by atoms with Gasteiger partial charge in [-0.3, -0.25) is 5.32 Å². The number of carbonyl (C=O) groups excluding carboxylic acids is 1. The molecular formula is C20H22ClN5OS. The van der Waals surface area contributed by atoms with Crippen LogP contribution in [-0.4, -0.2) is 46.6 Å². The number of pyridine rings is 1. The first-order chi connectivity index (χ1) is 13.4. The molecule has 6 nitrogen and oxygen atoms in total. The van der Waals surface area contributed by atoms with E-state index in [1.54, 1.807) is 6.20 Å². The molecule has 3 aromatic rings. The molecule has 0 aliphatic carbocycles. The fourth-order valence-corrected chi connectivity index (χ4v) is 4.63. The second kappa shape index (κ2) is 7.56. The van der Waals surface area contributed by atoms with Crippen LogP contribution >= 0.6 is 22.9 Å². The zero-order valence-corrected chi connectivity index (χ0v) is 17.6. The highest BCUT2D eigenvalue weighted by atomic mass is 35.5. The van der Waals surface area contributed by atoms with Crippen LogP contribution in [0.15, 0.2) is 30.5 Å². The van der Waals surface area contributed by atoms with Crippen molar-refractivity contribution in [2.24, 2.45) is 0 Å². The molecule has 28 heavy (non-hydrogen) atoms. The van der Waals surface area contributed by atoms with Gasteiger partial charge in [-0.25, -0.2) is 14.8 Å². The number of rotatable bonds is 2. The number of nitrogens with one attached hydrogen (secondary N) is 1. The Bertz CT molecular complexity index is 998. The van der Waals surface area contributed by atoms with Crippen LogP contribution in [0, 0.1) is 13.8 Å². The number of benzene rings is 1. The lowest BCUT2D eigenvalue weighted by Crippen LogP contribution is -2.55. The minimum Gasteiger partial charge on any atom is -0.352 e. The molecule has 0 bridgehead atoms. The van der Waals surface area contributed by atoms with Crippen LogP contribution < -0.4 is 10.2 Å². The molecule has 146 valence electrons. The first kappa shape index (κ1) is 19.0. The normalized spacial score (nSPS) is 17.2. The summed E-state index contributed by atoms with van der Waals surface area (Å²) >= 11 is 7.77. The van der Waals surface area contributed by atoms with E-state index in [1.807, 2.05) is 24.0 Å². The molecule has 8 heteroatoms. The summed E-state index contributed by atoms with van der Waals surface area (Å²) in [7, 11) is 0. The number of carbonyl (C=O) groups is 1. The average molecular weight is 416 g/mol. The second-order valence-electron chi connectivity index (χ2n) is 7.15. The molecule has 1 aliphatic rings. The van der Waals surface area contributed by atoms with Crippen molar-refractivity contribution in [2.75, 3.05) is 29.9 Å². The number of urea groups is 1. The lowest BCUT2D eigenvalue weighted by molar-refractivity contribution is 0.184. The molecule has 1 N–H and O–H groups in total. The van der Waals surface area contributed by atoms with Crippen LogP contribution in [0.25, 0.3) is 10.2 Å². The summed E-state index contributed by atoms with van der Waals surface area (Å²) in [6, 6.07) is 7.76. The number of hydrogen-bond acceptors (Lipinski definition) is 5. The quantitative estimate of drug-likeness (QED) is 0.658. The fourth-order valence-electron chi connectivity index (χ4n) is 3.46. The number of anilines is 2. The maximum atomic E-state index is 12.8. The Balaban J connectivity index is 1.45. The van der Waals surface area contributed by atoms with Crippen molar-refractivity contribution in [3.63, 3.8) is 0 Å². The van der Waals surface area contributed by atoms with Gasteiger partial charge in [-0.1, -0.05) is 22.9 Å². The lowest BCUT2D eigenvalue weighted by atomic mass is 10.1. The van der Waals surface area contributed by atoms with Crippen LogP contribution in [0.5, 0.6) is 0 Å². The summed E-state index contributed by atoms with van der Waals surface area (Å²) in [6.45, 7) is 8.16. The van der Waals surface area contributed by atoms with Gasteiger partial charge in [-0.15, -0.1) is 0 Å². The first-order valence-corrected chi connectivity index (χ1v) is 10.4. The number of piperazine rings is 1. The molecule has 0 unspecified atom stereocenters. The van der Waals surface area contributed by atoms with Crippen LogP contribution in [0.1, 0.15) is 18.1 Å². The largest absolute Gasteiger partial charge is 0.352 e. The Morgan fingerprint density at radius 2 is 2.07 bits per heavy atom. The summed E-state index contributed by atoms with van der Waals surface area (Å²) in [4.78, 5) is 25.7. The lowest BCUT2D eigenvalue weighted by Gasteiger charge is -2.40. The van der Waals surface area contributed by atoms with E-state index in [9.17, 15) is 4.79 Å². The van der Waals surface area contributed by atoms with Gasteiger partial charge in [0.2, 0.25) is 0 Å². The third-order valence-electron chi connectivity index (χ3n) is 5.14. The molecule has 1 fully saturated rings. The fraction of sp³-hybridized carbons (Fsp3) is 0.350. The molecule has 1 aromatic carbocycles. The topological polar surface area (TPSA) is 61.4 Å². The molecular weight excluding hydrogens is 394 g/mol. The summed E-state index contributed by atoms with van der Waals surface area (Å²) in [5.41, 5.74) is 3.35. The zero-order chi connectivity index (χ0) is 19.8. The second-order valence-corrected chi connectivity index (χ2v) is 8.59. The Morgan fingerprint density at radius 3 is 2.82 bits per heavy atom. The molecule has 0 spiro atoms. The number of halogens is 1. The molecule has 0 saturated carbocycles. The van der Waals surface area contributed by atoms with E-state index < -0.39 is 0 Å². The minimum absolute atomic E-state index is 0.0330. The van der Waals surface area contributed by atoms with Gasteiger partial charge in [0.1, 0.15) is 5.82 Å². The summed E-state index contributed by atoms with van der Waals surface area (Å²) < 4.78 is 1.08. The van der Waals surface area contributed by atoms with Crippen molar-refractivity contribution in [1.29, 1.82) is 0 Å². The number of nitrogens with zero attached hydrogens (tertiary/aromatic N) is 4. The number of aromatic nitrogens is 2. The molecule has 2 aromatic heterocycles. The van der Waals surface area contributed by atoms with Gasteiger partial charge in [-0.2, -0.15) is 0 Å². The molecule has 0 radical (unpaired) electrons. The van der Waals surface area contributed by atoms with Crippen LogP contribution in [0.4, 0.5) is 15.7 Å². The number of aryl methyl sites for hydroxylation is 2. The van der Waals surface area contributed by atoms with Crippen LogP contribution in [0.2, 0.25) is 5.02 Å². The molecule has 3 heterocycles. The van der Waals surface area contributed by atoms with Gasteiger partial charge in [-0.05, 0) is 56.2 Å². The van der Waals surface area contributed by atoms with Gasteiger partial charge < -0.3 is 9.80 Å². The monoisotopic (exact) mass is 415 g/mol. The van der Waals surface area contributed by atoms with Gasteiger partial charge in [0.25, 0.3) is 0 Å². The predicted molar refractivity (Wildman–Crippen MR) is 116 cm³/mol. The van der Waals surface area contributed by atoms with Crippen molar-refractivity contribution < 1.29 is 4.79 Å². The SMILES string of the molecule is Cc1cc2nc(NC(=O)N3CCN(c4ncccc4Cl)C[C@H]3C)sc2cc1C. The highest BCUT2D eigenvalue weighted by Crippen LogP contribution is 2.29. The third-order valence-corrected chi connectivity index (χ3v) is 6.37. The van der Waals surface area contributed by atoms with Gasteiger partial charge in [0.15, 0.2) is 5.13 Å². The standard InChI is InChI=1S/C20H22ClN5OS/c1-12-9-16-17(10-13(12)2)28-19(23-16)24-20(27)26-8-7-25(11-14(26)3)18-15(21)5-4-6-22-18/h4-6,9-10,14H,7-8,11H2,1-3H3,(H,23,24,27)/t14-/m1/s1.